The number of unbranched alkanes of at least 4 members (excludes halogenated alkanes) is 1. The van der Waals surface area contributed by atoms with Gasteiger partial charge in [0.15, 0.2) is 0 Å². The van der Waals surface area contributed by atoms with Crippen LogP contribution < -0.4 is 11.1 Å². The summed E-state index contributed by atoms with van der Waals surface area (Å²) in [4.78, 5) is 25.9. The average molecular weight is 288 g/mol. The van der Waals surface area contributed by atoms with Crippen molar-refractivity contribution in [2.75, 3.05) is 6.54 Å². The molecule has 0 aliphatic carbocycles. The molecule has 0 fully saturated rings. The Kier molecular flexibility index (Phi) is 8.48. The van der Waals surface area contributed by atoms with Gasteiger partial charge in [-0.25, -0.2) is 0 Å². The number of halogens is 1. The van der Waals surface area contributed by atoms with E-state index in [9.17, 15) is 9.59 Å². The number of pyridine rings is 1. The maximum atomic E-state index is 11.6. The Balaban J connectivity index is 0.00000324. The normalized spacial score (nSPS) is 11.2. The van der Waals surface area contributed by atoms with Gasteiger partial charge in [0.05, 0.1) is 5.56 Å². The lowest BCUT2D eigenvalue weighted by molar-refractivity contribution is -0.138. The first kappa shape index (κ1) is 17.3. The van der Waals surface area contributed by atoms with Crippen LogP contribution in [-0.4, -0.2) is 34.6 Å². The second kappa shape index (κ2) is 9.29. The first-order valence-corrected chi connectivity index (χ1v) is 5.78. The molecule has 0 bridgehead atoms. The van der Waals surface area contributed by atoms with E-state index in [2.05, 4.69) is 10.3 Å². The van der Waals surface area contributed by atoms with E-state index < -0.39 is 12.0 Å². The van der Waals surface area contributed by atoms with Crippen LogP contribution in [0.4, 0.5) is 0 Å². The third kappa shape index (κ3) is 6.73. The summed E-state index contributed by atoms with van der Waals surface area (Å²) in [5.74, 6) is -1.17. The molecule has 4 N–H and O–H groups in total. The van der Waals surface area contributed by atoms with Gasteiger partial charge in [0.2, 0.25) is 0 Å². The summed E-state index contributed by atoms with van der Waals surface area (Å²) in [5, 5.41) is 11.3. The molecule has 19 heavy (non-hydrogen) atoms. The largest absolute Gasteiger partial charge is 0.480 e. The summed E-state index contributed by atoms with van der Waals surface area (Å²) in [7, 11) is 0. The van der Waals surface area contributed by atoms with Gasteiger partial charge in [-0.2, -0.15) is 0 Å². The number of aromatic nitrogens is 1. The fourth-order valence-corrected chi connectivity index (χ4v) is 1.41. The molecule has 7 heteroatoms. The SMILES string of the molecule is Cl.N[C@@H](CCCCNC(=O)c1cccnc1)C(=O)O. The third-order valence-corrected chi connectivity index (χ3v) is 2.47. The number of hydrogen-bond donors (Lipinski definition) is 3. The summed E-state index contributed by atoms with van der Waals surface area (Å²) < 4.78 is 0. The summed E-state index contributed by atoms with van der Waals surface area (Å²) in [6, 6.07) is 2.56. The van der Waals surface area contributed by atoms with Gasteiger partial charge in [-0.05, 0) is 31.4 Å². The summed E-state index contributed by atoms with van der Waals surface area (Å²) >= 11 is 0. The third-order valence-electron chi connectivity index (χ3n) is 2.47. The van der Waals surface area contributed by atoms with Gasteiger partial charge >= 0.3 is 5.97 Å². The lowest BCUT2D eigenvalue weighted by Gasteiger charge is -2.07. The lowest BCUT2D eigenvalue weighted by atomic mass is 10.1. The number of carbonyl (C=O) groups excluding carboxylic acids is 1. The molecule has 0 aliphatic rings. The second-order valence-corrected chi connectivity index (χ2v) is 3.94. The van der Waals surface area contributed by atoms with Crippen LogP contribution in [0.2, 0.25) is 0 Å². The maximum Gasteiger partial charge on any atom is 0.320 e. The Hall–Kier alpha value is -1.66. The number of aliphatic carboxylic acids is 1. The van der Waals surface area contributed by atoms with Gasteiger partial charge in [-0.1, -0.05) is 0 Å². The summed E-state index contributed by atoms with van der Waals surface area (Å²) in [6.45, 7) is 0.500. The van der Waals surface area contributed by atoms with Crippen molar-refractivity contribution in [3.05, 3.63) is 30.1 Å². The van der Waals surface area contributed by atoms with Gasteiger partial charge < -0.3 is 16.2 Å². The number of nitrogens with two attached hydrogens (primary N) is 1. The summed E-state index contributed by atoms with van der Waals surface area (Å²) in [6.07, 6.45) is 4.88. The number of hydrogen-bond acceptors (Lipinski definition) is 4. The molecular weight excluding hydrogens is 270 g/mol. The Bertz CT molecular complexity index is 400. The van der Waals surface area contributed by atoms with E-state index in [0.29, 0.717) is 31.4 Å². The topological polar surface area (TPSA) is 105 Å². The number of rotatable bonds is 7. The molecule has 6 nitrogen and oxygen atoms in total. The molecule has 0 aliphatic heterocycles. The minimum atomic E-state index is -0.991. The minimum absolute atomic E-state index is 0. The van der Waals surface area contributed by atoms with Crippen molar-refractivity contribution in [3.63, 3.8) is 0 Å². The lowest BCUT2D eigenvalue weighted by Crippen LogP contribution is -2.30. The molecule has 106 valence electrons. The molecule has 0 spiro atoms. The van der Waals surface area contributed by atoms with E-state index in [1.165, 1.54) is 6.20 Å². The Morgan fingerprint density at radius 2 is 2.16 bits per heavy atom. The van der Waals surface area contributed by atoms with Crippen molar-refractivity contribution < 1.29 is 14.7 Å². The summed E-state index contributed by atoms with van der Waals surface area (Å²) in [5.41, 5.74) is 5.87. The Morgan fingerprint density at radius 3 is 2.74 bits per heavy atom. The van der Waals surface area contributed by atoms with Crippen molar-refractivity contribution in [1.29, 1.82) is 0 Å². The van der Waals surface area contributed by atoms with E-state index in [-0.39, 0.29) is 18.3 Å². The second-order valence-electron chi connectivity index (χ2n) is 3.94. The van der Waals surface area contributed by atoms with Crippen LogP contribution >= 0.6 is 12.4 Å². The van der Waals surface area contributed by atoms with Gasteiger partial charge in [0, 0.05) is 18.9 Å². The van der Waals surface area contributed by atoms with E-state index in [4.69, 9.17) is 10.8 Å². The van der Waals surface area contributed by atoms with Gasteiger partial charge in [-0.3, -0.25) is 14.6 Å². The molecule has 1 atom stereocenters. The van der Waals surface area contributed by atoms with E-state index in [0.717, 1.165) is 0 Å². The molecule has 0 saturated heterocycles. The quantitative estimate of drug-likeness (QED) is 0.644. The van der Waals surface area contributed by atoms with Crippen LogP contribution in [0.1, 0.15) is 29.6 Å². The smallest absolute Gasteiger partial charge is 0.320 e. The van der Waals surface area contributed by atoms with Crippen molar-refractivity contribution in [3.8, 4) is 0 Å². The first-order chi connectivity index (χ1) is 8.61. The van der Waals surface area contributed by atoms with Gasteiger partial charge in [0.1, 0.15) is 6.04 Å². The highest BCUT2D eigenvalue weighted by molar-refractivity contribution is 5.93. The van der Waals surface area contributed by atoms with Crippen molar-refractivity contribution in [2.24, 2.45) is 5.73 Å². The van der Waals surface area contributed by atoms with Crippen LogP contribution in [0.25, 0.3) is 0 Å². The highest BCUT2D eigenvalue weighted by atomic mass is 35.5. The first-order valence-electron chi connectivity index (χ1n) is 5.78. The van der Waals surface area contributed by atoms with E-state index in [1.807, 2.05) is 0 Å². The van der Waals surface area contributed by atoms with Crippen LogP contribution in [-0.2, 0) is 4.79 Å². The van der Waals surface area contributed by atoms with E-state index >= 15 is 0 Å². The van der Waals surface area contributed by atoms with Crippen molar-refractivity contribution in [1.82, 2.24) is 10.3 Å². The van der Waals surface area contributed by atoms with Crippen LogP contribution in [0, 0.1) is 0 Å². The van der Waals surface area contributed by atoms with Crippen LogP contribution in [0.5, 0.6) is 0 Å². The Morgan fingerprint density at radius 1 is 1.42 bits per heavy atom. The fourth-order valence-electron chi connectivity index (χ4n) is 1.41. The highest BCUT2D eigenvalue weighted by Gasteiger charge is 2.10. The Labute approximate surface area is 117 Å². The van der Waals surface area contributed by atoms with Crippen LogP contribution in [0.3, 0.4) is 0 Å². The molecule has 0 saturated carbocycles. The van der Waals surface area contributed by atoms with Gasteiger partial charge in [0.25, 0.3) is 5.91 Å². The number of carbonyl (C=O) groups is 2. The zero-order valence-corrected chi connectivity index (χ0v) is 11.2. The molecule has 0 unspecified atom stereocenters. The predicted molar refractivity (Wildman–Crippen MR) is 73.3 cm³/mol. The molecule has 1 aromatic rings. The van der Waals surface area contributed by atoms with Crippen LogP contribution in [0.15, 0.2) is 24.5 Å². The zero-order chi connectivity index (χ0) is 13.4. The fraction of sp³-hybridized carbons (Fsp3) is 0.417. The molecular formula is C12H18ClN3O3. The predicted octanol–water partition coefficient (Wildman–Crippen LogP) is 0.815. The number of amides is 1. The molecule has 1 heterocycles. The van der Waals surface area contributed by atoms with Crippen molar-refractivity contribution >= 4 is 24.3 Å². The molecule has 0 radical (unpaired) electrons. The number of nitrogens with zero attached hydrogens (tertiary/aromatic N) is 1. The monoisotopic (exact) mass is 287 g/mol. The molecule has 1 amide bonds. The molecule has 1 rings (SSSR count). The highest BCUT2D eigenvalue weighted by Crippen LogP contribution is 1.99. The number of carboxylic acids is 1. The minimum Gasteiger partial charge on any atom is -0.480 e. The number of carboxylic acid groups (broad SMARTS) is 1. The maximum absolute atomic E-state index is 11.6. The van der Waals surface area contributed by atoms with E-state index in [1.54, 1.807) is 18.3 Å². The number of nitrogens with one attached hydrogen (secondary N) is 1. The zero-order valence-electron chi connectivity index (χ0n) is 10.4. The average Bonchev–Trinajstić information content (AvgIpc) is 2.38. The van der Waals surface area contributed by atoms with Crippen molar-refractivity contribution in [2.45, 2.75) is 25.3 Å². The van der Waals surface area contributed by atoms with Gasteiger partial charge in [-0.15, -0.1) is 12.4 Å². The standard InChI is InChI=1S/C12H17N3O3.ClH/c13-10(12(17)18)5-1-2-7-15-11(16)9-4-3-6-14-8-9;/h3-4,6,8,10H,1-2,5,7,13H2,(H,15,16)(H,17,18);1H/t10-;/m0./s1. The molecule has 1 aromatic heterocycles. The molecule has 0 aromatic carbocycles.